The molecule has 1 aromatic carbocycles. The van der Waals surface area contributed by atoms with Crippen molar-refractivity contribution in [2.24, 2.45) is 0 Å². The molecular formula is C12H12ClN3OS2. The second kappa shape index (κ2) is 6.88. The Kier molecular flexibility index (Phi) is 5.18. The Hall–Kier alpha value is -1.11. The molecule has 0 amide bonds. The van der Waals surface area contributed by atoms with Gasteiger partial charge >= 0.3 is 0 Å². The fraction of sp³-hybridized carbons (Fsp3) is 0.250. The van der Waals surface area contributed by atoms with Gasteiger partial charge in [0.1, 0.15) is 0 Å². The van der Waals surface area contributed by atoms with Crippen molar-refractivity contribution in [2.75, 3.05) is 17.6 Å². The molecule has 0 spiro atoms. The van der Waals surface area contributed by atoms with Crippen molar-refractivity contribution >= 4 is 45.6 Å². The van der Waals surface area contributed by atoms with Crippen molar-refractivity contribution in [1.82, 2.24) is 10.2 Å². The first-order chi connectivity index (χ1) is 9.19. The van der Waals surface area contributed by atoms with Crippen LogP contribution >= 0.6 is 34.7 Å². The summed E-state index contributed by atoms with van der Waals surface area (Å²) in [7, 11) is 0. The van der Waals surface area contributed by atoms with Gasteiger partial charge < -0.3 is 5.32 Å². The molecule has 100 valence electrons. The Bertz CT molecular complexity index is 556. The van der Waals surface area contributed by atoms with Crippen LogP contribution in [0.2, 0.25) is 5.02 Å². The number of rotatable bonds is 6. The maximum atomic E-state index is 11.9. The molecule has 4 nitrogen and oxygen atoms in total. The van der Waals surface area contributed by atoms with Crippen LogP contribution in [-0.4, -0.2) is 28.3 Å². The molecule has 2 aromatic rings. The van der Waals surface area contributed by atoms with Gasteiger partial charge in [-0.2, -0.15) is 0 Å². The Morgan fingerprint density at radius 3 is 2.79 bits per heavy atom. The third-order valence-electron chi connectivity index (χ3n) is 2.23. The largest absolute Gasteiger partial charge is 0.360 e. The molecule has 0 bridgehead atoms. The summed E-state index contributed by atoms with van der Waals surface area (Å²) in [6.45, 7) is 2.81. The summed E-state index contributed by atoms with van der Waals surface area (Å²) in [5.74, 6) is 0.407. The third-order valence-corrected chi connectivity index (χ3v) is 4.49. The number of hydrogen-bond acceptors (Lipinski definition) is 6. The van der Waals surface area contributed by atoms with Gasteiger partial charge in [-0.05, 0) is 31.2 Å². The molecule has 0 fully saturated rings. The first-order valence-electron chi connectivity index (χ1n) is 5.68. The molecule has 0 aliphatic heterocycles. The number of carbonyl (C=O) groups excluding carboxylic acids is 1. The van der Waals surface area contributed by atoms with E-state index in [0.717, 1.165) is 16.0 Å². The molecule has 7 heteroatoms. The Morgan fingerprint density at radius 2 is 2.11 bits per heavy atom. The lowest BCUT2D eigenvalue weighted by atomic mass is 10.1. The van der Waals surface area contributed by atoms with E-state index in [1.807, 2.05) is 6.92 Å². The second-order valence-electron chi connectivity index (χ2n) is 3.62. The number of benzene rings is 1. The van der Waals surface area contributed by atoms with Crippen LogP contribution in [0, 0.1) is 0 Å². The minimum atomic E-state index is 0.0573. The van der Waals surface area contributed by atoms with E-state index in [0.29, 0.717) is 16.3 Å². The zero-order chi connectivity index (χ0) is 13.7. The van der Waals surface area contributed by atoms with Crippen molar-refractivity contribution in [2.45, 2.75) is 11.3 Å². The van der Waals surface area contributed by atoms with Crippen LogP contribution in [0.25, 0.3) is 0 Å². The SMILES string of the molecule is CCNc1nnc(SCC(=O)c2ccc(Cl)cc2)s1. The molecule has 0 radical (unpaired) electrons. The fourth-order valence-electron chi connectivity index (χ4n) is 1.34. The summed E-state index contributed by atoms with van der Waals surface area (Å²) in [6.07, 6.45) is 0. The highest BCUT2D eigenvalue weighted by Crippen LogP contribution is 2.26. The lowest BCUT2D eigenvalue weighted by Crippen LogP contribution is -2.01. The van der Waals surface area contributed by atoms with E-state index < -0.39 is 0 Å². The highest BCUT2D eigenvalue weighted by Gasteiger charge is 2.09. The first kappa shape index (κ1) is 14.3. The van der Waals surface area contributed by atoms with Crippen molar-refractivity contribution in [3.8, 4) is 0 Å². The van der Waals surface area contributed by atoms with Crippen molar-refractivity contribution < 1.29 is 4.79 Å². The maximum Gasteiger partial charge on any atom is 0.206 e. The van der Waals surface area contributed by atoms with E-state index >= 15 is 0 Å². The summed E-state index contributed by atoms with van der Waals surface area (Å²) in [4.78, 5) is 11.9. The normalized spacial score (nSPS) is 10.4. The van der Waals surface area contributed by atoms with E-state index in [1.54, 1.807) is 24.3 Å². The lowest BCUT2D eigenvalue weighted by Gasteiger charge is -1.99. The standard InChI is InChI=1S/C12H12ClN3OS2/c1-2-14-11-15-16-12(19-11)18-7-10(17)8-3-5-9(13)6-4-8/h3-6H,2,7H2,1H3,(H,14,15). The van der Waals surface area contributed by atoms with Gasteiger partial charge in [-0.25, -0.2) is 0 Å². The number of carbonyl (C=O) groups is 1. The van der Waals surface area contributed by atoms with E-state index in [2.05, 4.69) is 15.5 Å². The Labute approximate surface area is 124 Å². The Morgan fingerprint density at radius 1 is 1.37 bits per heavy atom. The van der Waals surface area contributed by atoms with E-state index in [1.165, 1.54) is 23.1 Å². The topological polar surface area (TPSA) is 54.9 Å². The Balaban J connectivity index is 1.90. The molecule has 1 heterocycles. The molecule has 0 aliphatic carbocycles. The molecule has 0 saturated heterocycles. The zero-order valence-corrected chi connectivity index (χ0v) is 12.6. The van der Waals surface area contributed by atoms with Crippen LogP contribution < -0.4 is 5.32 Å². The average molecular weight is 314 g/mol. The molecule has 1 N–H and O–H groups in total. The summed E-state index contributed by atoms with van der Waals surface area (Å²) in [6, 6.07) is 6.89. The maximum absolute atomic E-state index is 11.9. The number of aromatic nitrogens is 2. The average Bonchev–Trinajstić information content (AvgIpc) is 2.85. The van der Waals surface area contributed by atoms with E-state index in [-0.39, 0.29) is 5.78 Å². The molecule has 0 aliphatic rings. The van der Waals surface area contributed by atoms with Gasteiger partial charge in [0.15, 0.2) is 10.1 Å². The highest BCUT2D eigenvalue weighted by molar-refractivity contribution is 8.01. The van der Waals surface area contributed by atoms with Crippen LogP contribution in [0.15, 0.2) is 28.6 Å². The van der Waals surface area contributed by atoms with Gasteiger partial charge in [-0.3, -0.25) is 4.79 Å². The molecule has 0 unspecified atom stereocenters. The van der Waals surface area contributed by atoms with Crippen LogP contribution in [-0.2, 0) is 0 Å². The summed E-state index contributed by atoms with van der Waals surface area (Å²) < 4.78 is 0.790. The minimum absolute atomic E-state index is 0.0573. The highest BCUT2D eigenvalue weighted by atomic mass is 35.5. The van der Waals surface area contributed by atoms with Crippen molar-refractivity contribution in [3.05, 3.63) is 34.9 Å². The van der Waals surface area contributed by atoms with Crippen LogP contribution in [0.1, 0.15) is 17.3 Å². The number of ketones is 1. The van der Waals surface area contributed by atoms with Gasteiger partial charge in [-0.1, -0.05) is 34.7 Å². The van der Waals surface area contributed by atoms with Crippen molar-refractivity contribution in [1.29, 1.82) is 0 Å². The molecule has 2 rings (SSSR count). The lowest BCUT2D eigenvalue weighted by molar-refractivity contribution is 0.102. The number of hydrogen-bond donors (Lipinski definition) is 1. The fourth-order valence-corrected chi connectivity index (χ4v) is 3.18. The van der Waals surface area contributed by atoms with Crippen molar-refractivity contribution in [3.63, 3.8) is 0 Å². The quantitative estimate of drug-likeness (QED) is 0.652. The predicted octanol–water partition coefficient (Wildman–Crippen LogP) is 3.60. The van der Waals surface area contributed by atoms with Gasteiger partial charge in [0.25, 0.3) is 0 Å². The summed E-state index contributed by atoms with van der Waals surface area (Å²) in [5, 5.41) is 12.5. The van der Waals surface area contributed by atoms with Crippen LogP contribution in [0.5, 0.6) is 0 Å². The number of nitrogens with one attached hydrogen (secondary N) is 1. The summed E-state index contributed by atoms with van der Waals surface area (Å²) >= 11 is 8.63. The first-order valence-corrected chi connectivity index (χ1v) is 7.86. The van der Waals surface area contributed by atoms with Gasteiger partial charge in [0.2, 0.25) is 5.13 Å². The summed E-state index contributed by atoms with van der Waals surface area (Å²) in [5.41, 5.74) is 0.660. The monoisotopic (exact) mass is 313 g/mol. The van der Waals surface area contributed by atoms with Gasteiger partial charge in [-0.15, -0.1) is 10.2 Å². The third kappa shape index (κ3) is 4.19. The zero-order valence-electron chi connectivity index (χ0n) is 10.2. The molecule has 0 saturated carbocycles. The smallest absolute Gasteiger partial charge is 0.206 e. The van der Waals surface area contributed by atoms with Gasteiger partial charge in [0, 0.05) is 17.1 Å². The number of halogens is 1. The van der Waals surface area contributed by atoms with Gasteiger partial charge in [0.05, 0.1) is 5.75 Å². The van der Waals surface area contributed by atoms with Crippen LogP contribution in [0.4, 0.5) is 5.13 Å². The minimum Gasteiger partial charge on any atom is -0.360 e. The molecule has 0 atom stereocenters. The van der Waals surface area contributed by atoms with E-state index in [9.17, 15) is 4.79 Å². The number of Topliss-reactive ketones (excluding diaryl/α,β-unsaturated/α-hetero) is 1. The number of anilines is 1. The van der Waals surface area contributed by atoms with Crippen LogP contribution in [0.3, 0.4) is 0 Å². The predicted molar refractivity (Wildman–Crippen MR) is 80.6 cm³/mol. The molecule has 1 aromatic heterocycles. The number of nitrogens with zero attached hydrogens (tertiary/aromatic N) is 2. The molecule has 19 heavy (non-hydrogen) atoms. The number of thioether (sulfide) groups is 1. The second-order valence-corrected chi connectivity index (χ2v) is 6.26. The molecular weight excluding hydrogens is 302 g/mol. The van der Waals surface area contributed by atoms with E-state index in [4.69, 9.17) is 11.6 Å².